The van der Waals surface area contributed by atoms with Gasteiger partial charge in [0.2, 0.25) is 0 Å². The van der Waals surface area contributed by atoms with Gasteiger partial charge >= 0.3 is 0 Å². The first-order chi connectivity index (χ1) is 14.8. The van der Waals surface area contributed by atoms with Gasteiger partial charge < -0.3 is 0 Å². The molecule has 4 rings (SSSR count). The molecule has 3 aliphatic rings. The molecule has 1 aromatic heterocycles. The summed E-state index contributed by atoms with van der Waals surface area (Å²) in [6.45, 7) is 11.2. The highest BCUT2D eigenvalue weighted by Gasteiger charge is 2.24. The number of likely N-dealkylation sites (tertiary alicyclic amines) is 1. The van der Waals surface area contributed by atoms with Crippen molar-refractivity contribution in [2.45, 2.75) is 111 Å². The summed E-state index contributed by atoms with van der Waals surface area (Å²) in [6.07, 6.45) is 19.7. The van der Waals surface area contributed by atoms with Gasteiger partial charge in [0.25, 0.3) is 0 Å². The minimum Gasteiger partial charge on any atom is -0.298 e. The number of pyridine rings is 1. The second kappa shape index (κ2) is 17.3. The third-order valence-electron chi connectivity index (χ3n) is 6.50. The lowest BCUT2D eigenvalue weighted by molar-refractivity contribution is 0.196. The van der Waals surface area contributed by atoms with Crippen LogP contribution in [0.2, 0.25) is 0 Å². The minimum absolute atomic E-state index is 0.703. The Labute approximate surface area is 187 Å². The largest absolute Gasteiger partial charge is 0.298 e. The Morgan fingerprint density at radius 1 is 0.833 bits per heavy atom. The van der Waals surface area contributed by atoms with Gasteiger partial charge in [0.15, 0.2) is 0 Å². The van der Waals surface area contributed by atoms with Crippen LogP contribution in [0.5, 0.6) is 0 Å². The maximum Gasteiger partial charge on any atom is 0.0992 e. The highest BCUT2D eigenvalue weighted by atomic mass is 15.1. The van der Waals surface area contributed by atoms with E-state index in [2.05, 4.69) is 16.0 Å². The van der Waals surface area contributed by atoms with E-state index in [0.29, 0.717) is 5.56 Å². The summed E-state index contributed by atoms with van der Waals surface area (Å²) >= 11 is 0. The van der Waals surface area contributed by atoms with E-state index in [1.165, 1.54) is 64.5 Å². The summed E-state index contributed by atoms with van der Waals surface area (Å²) in [7, 11) is 0. The predicted molar refractivity (Wildman–Crippen MR) is 129 cm³/mol. The Morgan fingerprint density at radius 3 is 1.80 bits per heavy atom. The lowest BCUT2D eigenvalue weighted by Gasteiger charge is -2.32. The van der Waals surface area contributed by atoms with Crippen LogP contribution in [0.1, 0.15) is 116 Å². The summed E-state index contributed by atoms with van der Waals surface area (Å²) in [5.74, 6) is 2.28. The van der Waals surface area contributed by atoms with Crippen LogP contribution >= 0.6 is 0 Å². The maximum atomic E-state index is 8.73. The molecule has 0 amide bonds. The van der Waals surface area contributed by atoms with E-state index >= 15 is 0 Å². The van der Waals surface area contributed by atoms with Gasteiger partial charge in [-0.05, 0) is 49.9 Å². The van der Waals surface area contributed by atoms with Gasteiger partial charge in [0.1, 0.15) is 0 Å². The molecule has 170 valence electrons. The topological polar surface area (TPSA) is 39.9 Å². The van der Waals surface area contributed by atoms with Crippen molar-refractivity contribution in [3.63, 3.8) is 0 Å². The fraction of sp³-hybridized carbons (Fsp3) is 0.778. The van der Waals surface area contributed by atoms with Crippen molar-refractivity contribution in [1.82, 2.24) is 9.88 Å². The fourth-order valence-electron chi connectivity index (χ4n) is 5.02. The van der Waals surface area contributed by atoms with E-state index in [0.717, 1.165) is 24.1 Å². The van der Waals surface area contributed by atoms with Crippen molar-refractivity contribution >= 4 is 0 Å². The van der Waals surface area contributed by atoms with E-state index in [9.17, 15) is 0 Å². The van der Waals surface area contributed by atoms with Crippen LogP contribution in [0.3, 0.4) is 0 Å². The second-order valence-corrected chi connectivity index (χ2v) is 8.43. The van der Waals surface area contributed by atoms with E-state index in [1.807, 2.05) is 33.8 Å². The molecule has 2 saturated carbocycles. The molecule has 3 heteroatoms. The molecule has 0 N–H and O–H groups in total. The normalized spacial score (nSPS) is 19.8. The molecule has 2 aliphatic carbocycles. The molecule has 2 heterocycles. The fourth-order valence-corrected chi connectivity index (χ4v) is 5.02. The SMILES string of the molecule is C1CCC(C2CCCCC2)CC1.CC.CC.N#Cc1ccnc(CN2CCCC2)c1. The third-order valence-corrected chi connectivity index (χ3v) is 6.50. The van der Waals surface area contributed by atoms with Crippen LogP contribution in [0.4, 0.5) is 0 Å². The Balaban J connectivity index is 0.000000260. The zero-order valence-corrected chi connectivity index (χ0v) is 20.3. The van der Waals surface area contributed by atoms with Crippen LogP contribution in [-0.4, -0.2) is 23.0 Å². The standard InChI is InChI=1S/C12H22.C11H13N3.2C2H6/c1-3-7-11(8-4-1)12-9-5-2-6-10-12;12-8-10-3-4-13-11(7-10)9-14-5-1-2-6-14;2*1-2/h11-12H,1-10H2;3-4,7H,1-2,5-6,9H2;2*1-2H3. The van der Waals surface area contributed by atoms with Gasteiger partial charge in [0, 0.05) is 12.7 Å². The molecule has 1 aromatic rings. The van der Waals surface area contributed by atoms with Gasteiger partial charge in [-0.1, -0.05) is 91.9 Å². The summed E-state index contributed by atoms with van der Waals surface area (Å²) in [5.41, 5.74) is 1.71. The quantitative estimate of drug-likeness (QED) is 0.508. The molecule has 0 bridgehead atoms. The molecule has 1 saturated heterocycles. The number of nitriles is 1. The minimum atomic E-state index is 0.703. The number of rotatable bonds is 3. The molecular weight excluding hydrogens is 366 g/mol. The van der Waals surface area contributed by atoms with Crippen molar-refractivity contribution in [3.8, 4) is 6.07 Å². The molecule has 0 unspecified atom stereocenters. The molecule has 0 radical (unpaired) electrons. The molecule has 0 spiro atoms. The molecule has 3 fully saturated rings. The molecule has 30 heavy (non-hydrogen) atoms. The first-order valence-electron chi connectivity index (χ1n) is 12.9. The Bertz CT molecular complexity index is 544. The first kappa shape index (κ1) is 26.6. The third kappa shape index (κ3) is 10.1. The number of hydrogen-bond donors (Lipinski definition) is 0. The van der Waals surface area contributed by atoms with Crippen LogP contribution in [-0.2, 0) is 6.54 Å². The van der Waals surface area contributed by atoms with Gasteiger partial charge in [-0.3, -0.25) is 9.88 Å². The molecule has 1 aliphatic heterocycles. The smallest absolute Gasteiger partial charge is 0.0992 e. The molecule has 3 nitrogen and oxygen atoms in total. The highest BCUT2D eigenvalue weighted by Crippen LogP contribution is 2.37. The monoisotopic (exact) mass is 413 g/mol. The Hall–Kier alpha value is -1.40. The second-order valence-electron chi connectivity index (χ2n) is 8.43. The number of nitrogens with zero attached hydrogens (tertiary/aromatic N) is 3. The van der Waals surface area contributed by atoms with Crippen LogP contribution in [0.25, 0.3) is 0 Å². The lowest BCUT2D eigenvalue weighted by atomic mass is 9.73. The summed E-state index contributed by atoms with van der Waals surface area (Å²) in [5, 5.41) is 8.73. The van der Waals surface area contributed by atoms with Gasteiger partial charge in [-0.25, -0.2) is 0 Å². The summed E-state index contributed by atoms with van der Waals surface area (Å²) in [4.78, 5) is 6.64. The maximum absolute atomic E-state index is 8.73. The van der Waals surface area contributed by atoms with Crippen molar-refractivity contribution in [2.24, 2.45) is 11.8 Å². The highest BCUT2D eigenvalue weighted by molar-refractivity contribution is 5.28. The van der Waals surface area contributed by atoms with Crippen molar-refractivity contribution in [2.75, 3.05) is 13.1 Å². The van der Waals surface area contributed by atoms with E-state index in [-0.39, 0.29) is 0 Å². The molecule has 0 atom stereocenters. The van der Waals surface area contributed by atoms with Crippen LogP contribution < -0.4 is 0 Å². The van der Waals surface area contributed by atoms with E-state index < -0.39 is 0 Å². The Morgan fingerprint density at radius 2 is 1.33 bits per heavy atom. The van der Waals surface area contributed by atoms with E-state index in [4.69, 9.17) is 5.26 Å². The van der Waals surface area contributed by atoms with Crippen LogP contribution in [0, 0.1) is 23.2 Å². The average Bonchev–Trinajstić information content (AvgIpc) is 3.36. The Kier molecular flexibility index (Phi) is 15.4. The molecular formula is C27H47N3. The zero-order valence-electron chi connectivity index (χ0n) is 20.3. The van der Waals surface area contributed by atoms with E-state index in [1.54, 1.807) is 37.9 Å². The summed E-state index contributed by atoms with van der Waals surface area (Å²) in [6, 6.07) is 5.75. The van der Waals surface area contributed by atoms with Gasteiger partial charge in [0.05, 0.1) is 17.3 Å². The van der Waals surface area contributed by atoms with Crippen LogP contribution in [0.15, 0.2) is 18.3 Å². The van der Waals surface area contributed by atoms with Gasteiger partial charge in [-0.2, -0.15) is 5.26 Å². The summed E-state index contributed by atoms with van der Waals surface area (Å²) < 4.78 is 0. The lowest BCUT2D eigenvalue weighted by Crippen LogP contribution is -2.20. The predicted octanol–water partition coefficient (Wildman–Crippen LogP) is 7.75. The molecule has 0 aromatic carbocycles. The van der Waals surface area contributed by atoms with Crippen molar-refractivity contribution in [3.05, 3.63) is 29.6 Å². The number of hydrogen-bond acceptors (Lipinski definition) is 3. The number of aromatic nitrogens is 1. The van der Waals surface area contributed by atoms with Crippen molar-refractivity contribution < 1.29 is 0 Å². The van der Waals surface area contributed by atoms with Crippen molar-refractivity contribution in [1.29, 1.82) is 5.26 Å². The zero-order chi connectivity index (χ0) is 22.0. The van der Waals surface area contributed by atoms with Gasteiger partial charge in [-0.15, -0.1) is 0 Å². The average molecular weight is 414 g/mol. The first-order valence-corrected chi connectivity index (χ1v) is 12.9.